The summed E-state index contributed by atoms with van der Waals surface area (Å²) in [5.74, 6) is -0.0788. The van der Waals surface area contributed by atoms with E-state index in [1.54, 1.807) is 0 Å². The van der Waals surface area contributed by atoms with Gasteiger partial charge in [-0.1, -0.05) is 68.8 Å². The van der Waals surface area contributed by atoms with Crippen molar-refractivity contribution in [3.05, 3.63) is 71.5 Å². The van der Waals surface area contributed by atoms with E-state index in [0.29, 0.717) is 5.39 Å². The smallest absolute Gasteiger partial charge is 0.134 e. The molecule has 0 N–H and O–H groups in total. The van der Waals surface area contributed by atoms with Gasteiger partial charge >= 0.3 is 0 Å². The molecule has 0 spiro atoms. The molecule has 0 amide bonds. The molecule has 3 aromatic rings. The summed E-state index contributed by atoms with van der Waals surface area (Å²) in [5, 5.41) is 1.68. The van der Waals surface area contributed by atoms with Crippen LogP contribution in [0.25, 0.3) is 21.9 Å². The van der Waals surface area contributed by atoms with Gasteiger partial charge in [-0.2, -0.15) is 0 Å². The van der Waals surface area contributed by atoms with Crippen molar-refractivity contribution in [3.8, 4) is 11.1 Å². The van der Waals surface area contributed by atoms with Crippen molar-refractivity contribution in [1.29, 1.82) is 0 Å². The summed E-state index contributed by atoms with van der Waals surface area (Å²) in [6.07, 6.45) is 3.00. The van der Waals surface area contributed by atoms with Crippen LogP contribution in [0.2, 0.25) is 0 Å². The Balaban J connectivity index is 2.01. The molecule has 0 bridgehead atoms. The molecule has 0 atom stereocenters. The second-order valence-electron chi connectivity index (χ2n) is 5.78. The number of aryl methyl sites for hydroxylation is 2. The average Bonchev–Trinajstić information content (AvgIpc) is 2.56. The molecule has 3 rings (SSSR count). The van der Waals surface area contributed by atoms with E-state index < -0.39 is 0 Å². The van der Waals surface area contributed by atoms with Gasteiger partial charge in [-0.3, -0.25) is 0 Å². The van der Waals surface area contributed by atoms with Crippen LogP contribution in [0.4, 0.5) is 4.39 Å². The van der Waals surface area contributed by atoms with Crippen molar-refractivity contribution >= 4 is 10.8 Å². The highest BCUT2D eigenvalue weighted by atomic mass is 19.1. The number of hydrogen-bond donors (Lipinski definition) is 0. The third-order valence-corrected chi connectivity index (χ3v) is 4.24. The van der Waals surface area contributed by atoms with E-state index in [0.717, 1.165) is 35.8 Å². The molecule has 0 radical (unpaired) electrons. The van der Waals surface area contributed by atoms with Gasteiger partial charge in [0.1, 0.15) is 5.82 Å². The maximum Gasteiger partial charge on any atom is 0.134 e. The number of rotatable bonds is 4. The van der Waals surface area contributed by atoms with Gasteiger partial charge in [0.15, 0.2) is 0 Å². The van der Waals surface area contributed by atoms with Crippen molar-refractivity contribution in [1.82, 2.24) is 0 Å². The van der Waals surface area contributed by atoms with E-state index >= 15 is 0 Å². The van der Waals surface area contributed by atoms with E-state index in [4.69, 9.17) is 0 Å². The average molecular weight is 292 g/mol. The number of hydrogen-bond acceptors (Lipinski definition) is 0. The minimum absolute atomic E-state index is 0.0788. The Morgan fingerprint density at radius 3 is 2.23 bits per heavy atom. The number of halogens is 1. The van der Waals surface area contributed by atoms with Crippen molar-refractivity contribution in [2.24, 2.45) is 0 Å². The van der Waals surface area contributed by atoms with Gasteiger partial charge in [-0.05, 0) is 46.5 Å². The molecule has 0 aromatic heterocycles. The second-order valence-corrected chi connectivity index (χ2v) is 5.78. The van der Waals surface area contributed by atoms with E-state index in [1.807, 2.05) is 31.2 Å². The molecule has 0 heterocycles. The van der Waals surface area contributed by atoms with Gasteiger partial charge in [-0.15, -0.1) is 0 Å². The van der Waals surface area contributed by atoms with Crippen LogP contribution in [0, 0.1) is 5.82 Å². The lowest BCUT2D eigenvalue weighted by molar-refractivity contribution is 0.624. The first-order valence-electron chi connectivity index (χ1n) is 8.03. The fraction of sp³-hybridized carbons (Fsp3) is 0.238. The molecule has 112 valence electrons. The van der Waals surface area contributed by atoms with Gasteiger partial charge in [0.2, 0.25) is 0 Å². The van der Waals surface area contributed by atoms with Crippen LogP contribution in [-0.4, -0.2) is 0 Å². The monoisotopic (exact) mass is 292 g/mol. The van der Waals surface area contributed by atoms with Gasteiger partial charge < -0.3 is 0 Å². The zero-order valence-corrected chi connectivity index (χ0v) is 13.2. The molecule has 0 saturated heterocycles. The summed E-state index contributed by atoms with van der Waals surface area (Å²) in [5.41, 5.74) is 4.47. The Bertz CT molecular complexity index is 785. The summed E-state index contributed by atoms with van der Waals surface area (Å²) in [7, 11) is 0. The van der Waals surface area contributed by atoms with Crippen molar-refractivity contribution in [2.45, 2.75) is 33.1 Å². The number of benzene rings is 3. The van der Waals surface area contributed by atoms with Gasteiger partial charge in [0, 0.05) is 5.39 Å². The SMILES string of the molecule is CCCc1ccc(-c2ccc3c(F)c(CC)ccc3c2)cc1. The zero-order valence-electron chi connectivity index (χ0n) is 13.2. The lowest BCUT2D eigenvalue weighted by atomic mass is 9.98. The fourth-order valence-corrected chi connectivity index (χ4v) is 2.94. The Labute approximate surface area is 131 Å². The first-order valence-corrected chi connectivity index (χ1v) is 8.03. The van der Waals surface area contributed by atoms with Gasteiger partial charge in [0.05, 0.1) is 0 Å². The van der Waals surface area contributed by atoms with Crippen LogP contribution in [0.1, 0.15) is 31.4 Å². The predicted molar refractivity (Wildman–Crippen MR) is 92.7 cm³/mol. The van der Waals surface area contributed by atoms with Crippen molar-refractivity contribution in [2.75, 3.05) is 0 Å². The van der Waals surface area contributed by atoms with Crippen LogP contribution in [0.3, 0.4) is 0 Å². The standard InChI is InChI=1S/C21H21F/c1-3-5-15-6-8-17(9-7-15)18-12-13-20-19(14-18)11-10-16(4-2)21(20)22/h6-14H,3-5H2,1-2H3. The molecule has 0 aliphatic carbocycles. The van der Waals surface area contributed by atoms with E-state index in [9.17, 15) is 4.39 Å². The maximum absolute atomic E-state index is 14.3. The molecular weight excluding hydrogens is 271 g/mol. The van der Waals surface area contributed by atoms with E-state index in [-0.39, 0.29) is 5.82 Å². The highest BCUT2D eigenvalue weighted by molar-refractivity contribution is 5.88. The summed E-state index contributed by atoms with van der Waals surface area (Å²) in [6.45, 7) is 4.17. The van der Waals surface area contributed by atoms with Crippen molar-refractivity contribution in [3.63, 3.8) is 0 Å². The zero-order chi connectivity index (χ0) is 15.5. The molecular formula is C21H21F. The normalized spacial score (nSPS) is 11.0. The van der Waals surface area contributed by atoms with Crippen LogP contribution in [-0.2, 0) is 12.8 Å². The largest absolute Gasteiger partial charge is 0.206 e. The third-order valence-electron chi connectivity index (χ3n) is 4.24. The van der Waals surface area contributed by atoms with Crippen LogP contribution < -0.4 is 0 Å². The molecule has 0 fully saturated rings. The quantitative estimate of drug-likeness (QED) is 0.540. The lowest BCUT2D eigenvalue weighted by Gasteiger charge is -2.08. The summed E-state index contributed by atoms with van der Waals surface area (Å²) < 4.78 is 14.3. The maximum atomic E-state index is 14.3. The second kappa shape index (κ2) is 6.31. The lowest BCUT2D eigenvalue weighted by Crippen LogP contribution is -1.90. The first-order chi connectivity index (χ1) is 10.7. The summed E-state index contributed by atoms with van der Waals surface area (Å²) in [6, 6.07) is 18.6. The summed E-state index contributed by atoms with van der Waals surface area (Å²) in [4.78, 5) is 0. The first kappa shape index (κ1) is 14.8. The predicted octanol–water partition coefficient (Wildman–Crippen LogP) is 6.16. The van der Waals surface area contributed by atoms with Crippen LogP contribution in [0.5, 0.6) is 0 Å². The minimum atomic E-state index is -0.0788. The van der Waals surface area contributed by atoms with Crippen LogP contribution >= 0.6 is 0 Å². The Kier molecular flexibility index (Phi) is 4.24. The molecule has 0 saturated carbocycles. The molecule has 22 heavy (non-hydrogen) atoms. The third kappa shape index (κ3) is 2.76. The molecule has 0 aliphatic heterocycles. The van der Waals surface area contributed by atoms with E-state index in [1.165, 1.54) is 11.1 Å². The van der Waals surface area contributed by atoms with Gasteiger partial charge in [-0.25, -0.2) is 4.39 Å². The molecule has 0 unspecified atom stereocenters. The van der Waals surface area contributed by atoms with Gasteiger partial charge in [0.25, 0.3) is 0 Å². The van der Waals surface area contributed by atoms with E-state index in [2.05, 4.69) is 37.3 Å². The number of fused-ring (bicyclic) bond motifs is 1. The summed E-state index contributed by atoms with van der Waals surface area (Å²) >= 11 is 0. The minimum Gasteiger partial charge on any atom is -0.206 e. The highest BCUT2D eigenvalue weighted by Crippen LogP contribution is 2.28. The Morgan fingerprint density at radius 1 is 0.818 bits per heavy atom. The molecule has 3 aromatic carbocycles. The highest BCUT2D eigenvalue weighted by Gasteiger charge is 2.07. The van der Waals surface area contributed by atoms with Crippen molar-refractivity contribution < 1.29 is 4.39 Å². The van der Waals surface area contributed by atoms with Crippen LogP contribution in [0.15, 0.2) is 54.6 Å². The topological polar surface area (TPSA) is 0 Å². The molecule has 0 nitrogen and oxygen atoms in total. The fourth-order valence-electron chi connectivity index (χ4n) is 2.94. The Morgan fingerprint density at radius 2 is 1.55 bits per heavy atom. The Hall–Kier alpha value is -2.15. The molecule has 0 aliphatic rings. The molecule has 1 heteroatoms.